The molecule has 6 heteroatoms. The highest BCUT2D eigenvalue weighted by Crippen LogP contribution is 2.20. The molecule has 2 heterocycles. The molecular formula is C24H33N5O. The lowest BCUT2D eigenvalue weighted by Crippen LogP contribution is -2.31. The van der Waals surface area contributed by atoms with Gasteiger partial charge in [-0.2, -0.15) is 5.10 Å². The lowest BCUT2D eigenvalue weighted by atomic mass is 10.2. The van der Waals surface area contributed by atoms with E-state index in [0.29, 0.717) is 12.1 Å². The van der Waals surface area contributed by atoms with Gasteiger partial charge in [0, 0.05) is 18.9 Å². The van der Waals surface area contributed by atoms with E-state index in [4.69, 9.17) is 0 Å². The van der Waals surface area contributed by atoms with Crippen LogP contribution in [-0.4, -0.2) is 51.3 Å². The first-order valence-electron chi connectivity index (χ1n) is 10.9. The summed E-state index contributed by atoms with van der Waals surface area (Å²) in [6.07, 6.45) is 8.79. The highest BCUT2D eigenvalue weighted by Gasteiger charge is 2.19. The van der Waals surface area contributed by atoms with Gasteiger partial charge >= 0.3 is 0 Å². The summed E-state index contributed by atoms with van der Waals surface area (Å²) < 4.78 is 3.75. The summed E-state index contributed by atoms with van der Waals surface area (Å²) in [4.78, 5) is 15.4. The average Bonchev–Trinajstić information content (AvgIpc) is 3.41. The van der Waals surface area contributed by atoms with Gasteiger partial charge in [-0.25, -0.2) is 4.68 Å². The van der Waals surface area contributed by atoms with Gasteiger partial charge < -0.3 is 14.8 Å². The molecule has 3 aromatic rings. The van der Waals surface area contributed by atoms with Gasteiger partial charge in [0.25, 0.3) is 5.91 Å². The molecule has 0 unspecified atom stereocenters. The quantitative estimate of drug-likeness (QED) is 0.484. The van der Waals surface area contributed by atoms with Crippen LogP contribution in [0.25, 0.3) is 11.5 Å². The van der Waals surface area contributed by atoms with Crippen molar-refractivity contribution in [3.05, 3.63) is 66.1 Å². The summed E-state index contributed by atoms with van der Waals surface area (Å²) in [6, 6.07) is 12.0. The van der Waals surface area contributed by atoms with Crippen molar-refractivity contribution >= 4 is 5.91 Å². The summed E-state index contributed by atoms with van der Waals surface area (Å²) in [5.41, 5.74) is 2.69. The van der Waals surface area contributed by atoms with Crippen molar-refractivity contribution in [1.29, 1.82) is 0 Å². The van der Waals surface area contributed by atoms with Gasteiger partial charge in [-0.05, 0) is 70.1 Å². The van der Waals surface area contributed by atoms with Crippen molar-refractivity contribution < 1.29 is 4.79 Å². The van der Waals surface area contributed by atoms with E-state index in [-0.39, 0.29) is 5.91 Å². The van der Waals surface area contributed by atoms with Crippen molar-refractivity contribution in [2.24, 2.45) is 0 Å². The largest absolute Gasteiger partial charge is 0.352 e. The van der Waals surface area contributed by atoms with Gasteiger partial charge in [0.15, 0.2) is 5.82 Å². The minimum Gasteiger partial charge on any atom is -0.352 e. The first-order valence-corrected chi connectivity index (χ1v) is 10.9. The van der Waals surface area contributed by atoms with E-state index in [2.05, 4.69) is 48.2 Å². The van der Waals surface area contributed by atoms with E-state index in [0.717, 1.165) is 50.4 Å². The van der Waals surface area contributed by atoms with Crippen LogP contribution < -0.4 is 5.32 Å². The standard InChI is InChI=1S/C24H33N5O/c1-4-14-27(15-5-2)16-8-13-25-23(30)22-19-26-29(21-11-9-20(3)10-12-21)24(22)28-17-6-7-18-28/h6-7,9-12,17-19H,4-5,8,13-16H2,1-3H3,(H,25,30). The van der Waals surface area contributed by atoms with Gasteiger partial charge in [-0.3, -0.25) is 4.79 Å². The molecule has 0 saturated carbocycles. The Balaban J connectivity index is 1.72. The molecule has 0 spiro atoms. The third-order valence-electron chi connectivity index (χ3n) is 5.13. The topological polar surface area (TPSA) is 55.1 Å². The number of carbonyl (C=O) groups is 1. The highest BCUT2D eigenvalue weighted by molar-refractivity contribution is 5.97. The summed E-state index contributed by atoms with van der Waals surface area (Å²) in [7, 11) is 0. The van der Waals surface area contributed by atoms with E-state index >= 15 is 0 Å². The SMILES string of the molecule is CCCN(CCC)CCCNC(=O)c1cnn(-c2ccc(C)cc2)c1-n1cccc1. The maximum absolute atomic E-state index is 13.0. The Kier molecular flexibility index (Phi) is 7.85. The number of amides is 1. The van der Waals surface area contributed by atoms with E-state index < -0.39 is 0 Å². The monoisotopic (exact) mass is 407 g/mol. The second-order valence-corrected chi connectivity index (χ2v) is 7.67. The molecule has 1 N–H and O–H groups in total. The Hall–Kier alpha value is -2.86. The Morgan fingerprint density at radius 3 is 2.33 bits per heavy atom. The van der Waals surface area contributed by atoms with Gasteiger partial charge in [0.2, 0.25) is 0 Å². The predicted octanol–water partition coefficient (Wildman–Crippen LogP) is 4.21. The molecule has 0 saturated heterocycles. The van der Waals surface area contributed by atoms with Crippen LogP contribution in [0.1, 0.15) is 49.0 Å². The molecule has 0 aliphatic rings. The second kappa shape index (κ2) is 10.8. The minimum absolute atomic E-state index is 0.0883. The number of nitrogens with zero attached hydrogens (tertiary/aromatic N) is 4. The van der Waals surface area contributed by atoms with Crippen molar-refractivity contribution in [1.82, 2.24) is 24.6 Å². The van der Waals surface area contributed by atoms with Gasteiger partial charge in [0.1, 0.15) is 5.56 Å². The summed E-state index contributed by atoms with van der Waals surface area (Å²) in [6.45, 7) is 10.4. The van der Waals surface area contributed by atoms with E-state index in [1.54, 1.807) is 6.20 Å². The number of rotatable bonds is 11. The van der Waals surface area contributed by atoms with E-state index in [9.17, 15) is 4.79 Å². The van der Waals surface area contributed by atoms with Crippen molar-refractivity contribution in [2.75, 3.05) is 26.2 Å². The van der Waals surface area contributed by atoms with E-state index in [1.165, 1.54) is 5.56 Å². The Labute approximate surface area is 179 Å². The zero-order valence-electron chi connectivity index (χ0n) is 18.3. The van der Waals surface area contributed by atoms with Crippen LogP contribution in [0.15, 0.2) is 55.0 Å². The number of aromatic nitrogens is 3. The van der Waals surface area contributed by atoms with Crippen LogP contribution in [0.2, 0.25) is 0 Å². The molecule has 0 aliphatic heterocycles. The fraction of sp³-hybridized carbons (Fsp3) is 0.417. The molecule has 30 heavy (non-hydrogen) atoms. The van der Waals surface area contributed by atoms with Crippen molar-refractivity contribution in [2.45, 2.75) is 40.0 Å². The average molecular weight is 408 g/mol. The van der Waals surface area contributed by atoms with Crippen LogP contribution in [0.4, 0.5) is 0 Å². The van der Waals surface area contributed by atoms with Crippen LogP contribution in [0, 0.1) is 6.92 Å². The summed E-state index contributed by atoms with van der Waals surface area (Å²) in [5, 5.41) is 7.61. The lowest BCUT2D eigenvalue weighted by Gasteiger charge is -2.20. The number of hydrogen-bond acceptors (Lipinski definition) is 3. The first-order chi connectivity index (χ1) is 14.6. The van der Waals surface area contributed by atoms with Crippen molar-refractivity contribution in [3.8, 4) is 11.5 Å². The zero-order valence-corrected chi connectivity index (χ0v) is 18.3. The van der Waals surface area contributed by atoms with Crippen LogP contribution in [-0.2, 0) is 0 Å². The lowest BCUT2D eigenvalue weighted by molar-refractivity contribution is 0.0951. The molecule has 0 aliphatic carbocycles. The fourth-order valence-electron chi connectivity index (χ4n) is 3.67. The third-order valence-corrected chi connectivity index (χ3v) is 5.13. The third kappa shape index (κ3) is 5.39. The molecule has 1 aromatic carbocycles. The zero-order chi connectivity index (χ0) is 21.3. The molecule has 3 rings (SSSR count). The summed E-state index contributed by atoms with van der Waals surface area (Å²) in [5.74, 6) is 0.662. The van der Waals surface area contributed by atoms with Crippen LogP contribution in [0.5, 0.6) is 0 Å². The molecule has 0 atom stereocenters. The predicted molar refractivity (Wildman–Crippen MR) is 122 cm³/mol. The maximum Gasteiger partial charge on any atom is 0.256 e. The van der Waals surface area contributed by atoms with Crippen LogP contribution >= 0.6 is 0 Å². The normalized spacial score (nSPS) is 11.2. The number of hydrogen-bond donors (Lipinski definition) is 1. The van der Waals surface area contributed by atoms with Gasteiger partial charge in [0.05, 0.1) is 11.9 Å². The number of nitrogens with one attached hydrogen (secondary N) is 1. The maximum atomic E-state index is 13.0. The molecule has 0 fully saturated rings. The number of benzene rings is 1. The Morgan fingerprint density at radius 1 is 1.03 bits per heavy atom. The molecule has 1 amide bonds. The molecular weight excluding hydrogens is 374 g/mol. The number of aryl methyl sites for hydroxylation is 1. The first kappa shape index (κ1) is 21.8. The van der Waals surface area contributed by atoms with Gasteiger partial charge in [-0.1, -0.05) is 31.5 Å². The molecule has 6 nitrogen and oxygen atoms in total. The fourth-order valence-corrected chi connectivity index (χ4v) is 3.67. The summed E-state index contributed by atoms with van der Waals surface area (Å²) >= 11 is 0. The molecule has 2 aromatic heterocycles. The highest BCUT2D eigenvalue weighted by atomic mass is 16.1. The molecule has 160 valence electrons. The molecule has 0 bridgehead atoms. The second-order valence-electron chi connectivity index (χ2n) is 7.67. The van der Waals surface area contributed by atoms with E-state index in [1.807, 2.05) is 45.9 Å². The van der Waals surface area contributed by atoms with Gasteiger partial charge in [-0.15, -0.1) is 0 Å². The molecule has 0 radical (unpaired) electrons. The van der Waals surface area contributed by atoms with Crippen molar-refractivity contribution in [3.63, 3.8) is 0 Å². The van der Waals surface area contributed by atoms with Crippen LogP contribution in [0.3, 0.4) is 0 Å². The Morgan fingerprint density at radius 2 is 1.70 bits per heavy atom. The number of carbonyl (C=O) groups excluding carboxylic acids is 1. The minimum atomic E-state index is -0.0883. The Bertz CT molecular complexity index is 906. The smallest absolute Gasteiger partial charge is 0.256 e.